The second-order valence-corrected chi connectivity index (χ2v) is 9.98. The van der Waals surface area contributed by atoms with E-state index in [0.29, 0.717) is 12.0 Å². The zero-order chi connectivity index (χ0) is 18.7. The van der Waals surface area contributed by atoms with E-state index in [0.717, 1.165) is 6.42 Å². The van der Waals surface area contributed by atoms with Crippen LogP contribution in [0.5, 0.6) is 0 Å². The number of esters is 1. The number of carbonyl (C=O) groups excluding carboxylic acids is 1. The molecule has 2 saturated carbocycles. The van der Waals surface area contributed by atoms with Gasteiger partial charge in [0.1, 0.15) is 6.04 Å². The number of benzene rings is 1. The van der Waals surface area contributed by atoms with Gasteiger partial charge in [-0.15, -0.1) is 0 Å². The fourth-order valence-corrected chi connectivity index (χ4v) is 9.47. The lowest BCUT2D eigenvalue weighted by Crippen LogP contribution is -2.68. The predicted octanol–water partition coefficient (Wildman–Crippen LogP) is 3.32. The molecule has 3 heterocycles. The van der Waals surface area contributed by atoms with Gasteiger partial charge in [0, 0.05) is 17.5 Å². The third-order valence-corrected chi connectivity index (χ3v) is 10.0. The van der Waals surface area contributed by atoms with Gasteiger partial charge >= 0.3 is 5.97 Å². The zero-order valence-corrected chi connectivity index (χ0v) is 16.8. The summed E-state index contributed by atoms with van der Waals surface area (Å²) in [6.45, 7) is 8.66. The Kier molecular flexibility index (Phi) is 2.86. The van der Waals surface area contributed by atoms with E-state index in [1.54, 1.807) is 7.11 Å². The van der Waals surface area contributed by atoms with Crippen LogP contribution in [0.25, 0.3) is 0 Å². The average molecular weight is 368 g/mol. The highest BCUT2D eigenvalue weighted by molar-refractivity contribution is 5.82. The molecule has 3 aliphatic heterocycles. The van der Waals surface area contributed by atoms with Crippen molar-refractivity contribution in [2.24, 2.45) is 17.3 Å². The minimum absolute atomic E-state index is 0.00364. The maximum absolute atomic E-state index is 13.1. The first kappa shape index (κ1) is 16.4. The number of methoxy groups -OCH3 is 1. The molecular weight excluding hydrogens is 336 g/mol. The van der Waals surface area contributed by atoms with Crippen LogP contribution in [0.15, 0.2) is 24.3 Å². The number of fused-ring (bicyclic) bond motifs is 1. The van der Waals surface area contributed by atoms with Gasteiger partial charge in [-0.1, -0.05) is 25.1 Å². The molecular formula is C23H31N2O2+. The Morgan fingerprint density at radius 3 is 2.89 bits per heavy atom. The van der Waals surface area contributed by atoms with Gasteiger partial charge < -0.3 is 14.5 Å². The van der Waals surface area contributed by atoms with Crippen molar-refractivity contribution in [3.05, 3.63) is 29.8 Å². The monoisotopic (exact) mass is 367 g/mol. The second-order valence-electron chi connectivity index (χ2n) is 9.98. The van der Waals surface area contributed by atoms with E-state index < -0.39 is 0 Å². The molecule has 1 N–H and O–H groups in total. The number of rotatable bonds is 2. The third kappa shape index (κ3) is 1.38. The number of quaternary nitrogens is 1. The summed E-state index contributed by atoms with van der Waals surface area (Å²) in [6, 6.07) is 9.58. The minimum Gasteiger partial charge on any atom is -0.469 e. The maximum Gasteiger partial charge on any atom is 0.311 e. The largest absolute Gasteiger partial charge is 0.469 e. The molecule has 2 aliphatic carbocycles. The topological polar surface area (TPSA) is 38.3 Å². The molecule has 27 heavy (non-hydrogen) atoms. The summed E-state index contributed by atoms with van der Waals surface area (Å²) >= 11 is 0. The Morgan fingerprint density at radius 2 is 2.11 bits per heavy atom. The van der Waals surface area contributed by atoms with E-state index in [2.05, 4.69) is 43.4 Å². The summed E-state index contributed by atoms with van der Waals surface area (Å²) in [6.07, 6.45) is 4.79. The summed E-state index contributed by atoms with van der Waals surface area (Å²) in [5, 5.41) is 4.02. The van der Waals surface area contributed by atoms with Crippen molar-refractivity contribution < 1.29 is 14.0 Å². The Balaban J connectivity index is 1.68. The number of para-hydroxylation sites is 1. The number of hydrogen-bond acceptors (Lipinski definition) is 3. The number of piperidine rings is 1. The Bertz CT molecular complexity index is 855. The van der Waals surface area contributed by atoms with Crippen molar-refractivity contribution in [2.45, 2.75) is 56.5 Å². The Hall–Kier alpha value is -1.55. The maximum atomic E-state index is 13.1. The molecule has 2 saturated heterocycles. The van der Waals surface area contributed by atoms with E-state index >= 15 is 0 Å². The van der Waals surface area contributed by atoms with Crippen LogP contribution in [0.1, 0.15) is 45.1 Å². The molecule has 4 nitrogen and oxygen atoms in total. The first-order chi connectivity index (χ1) is 13.0. The quantitative estimate of drug-likeness (QED) is 0.644. The van der Waals surface area contributed by atoms with E-state index in [1.807, 2.05) is 0 Å². The lowest BCUT2D eigenvalue weighted by atomic mass is 9.56. The molecule has 6 unspecified atom stereocenters. The lowest BCUT2D eigenvalue weighted by molar-refractivity contribution is -0.952. The van der Waals surface area contributed by atoms with Crippen molar-refractivity contribution in [1.82, 2.24) is 0 Å². The van der Waals surface area contributed by atoms with Crippen LogP contribution in [0, 0.1) is 17.3 Å². The van der Waals surface area contributed by atoms with Gasteiger partial charge in [-0.25, -0.2) is 0 Å². The molecule has 0 radical (unpaired) electrons. The predicted molar refractivity (Wildman–Crippen MR) is 104 cm³/mol. The fourth-order valence-electron chi connectivity index (χ4n) is 9.47. The van der Waals surface area contributed by atoms with E-state index in [9.17, 15) is 4.79 Å². The van der Waals surface area contributed by atoms with Gasteiger partial charge in [0.25, 0.3) is 0 Å². The highest BCUT2D eigenvalue weighted by Crippen LogP contribution is 2.81. The minimum atomic E-state index is -0.173. The van der Waals surface area contributed by atoms with Crippen molar-refractivity contribution in [3.63, 3.8) is 0 Å². The van der Waals surface area contributed by atoms with Gasteiger partial charge in [-0.3, -0.25) is 4.79 Å². The molecule has 5 aliphatic rings. The average Bonchev–Trinajstić information content (AvgIpc) is 3.34. The van der Waals surface area contributed by atoms with Crippen LogP contribution in [0.3, 0.4) is 0 Å². The van der Waals surface area contributed by atoms with Crippen molar-refractivity contribution in [3.8, 4) is 0 Å². The molecule has 3 spiro atoms. The summed E-state index contributed by atoms with van der Waals surface area (Å²) in [5.74, 6) is 0.469. The van der Waals surface area contributed by atoms with Gasteiger partial charge in [-0.2, -0.15) is 0 Å². The van der Waals surface area contributed by atoms with Crippen LogP contribution in [-0.4, -0.2) is 48.8 Å². The number of anilines is 1. The van der Waals surface area contributed by atoms with Gasteiger partial charge in [0.05, 0.1) is 43.6 Å². The number of ether oxygens (including phenoxy) is 1. The molecule has 6 rings (SSSR count). The summed E-state index contributed by atoms with van der Waals surface area (Å²) in [7, 11) is 1.57. The van der Waals surface area contributed by atoms with Crippen molar-refractivity contribution >= 4 is 11.7 Å². The molecule has 1 aromatic carbocycles. The van der Waals surface area contributed by atoms with Gasteiger partial charge in [-0.05, 0) is 43.7 Å². The van der Waals surface area contributed by atoms with E-state index in [4.69, 9.17) is 4.74 Å². The number of carbonyl (C=O) groups is 1. The van der Waals surface area contributed by atoms with E-state index in [-0.39, 0.29) is 28.3 Å². The zero-order valence-electron chi connectivity index (χ0n) is 16.8. The SMILES string of the molecule is CC[N+]12CCCC34CC(C(=O)OC)[C@@]5(Nc6ccccc6C5(CC1)C32)C4C. The van der Waals surface area contributed by atoms with Crippen LogP contribution < -0.4 is 5.32 Å². The summed E-state index contributed by atoms with van der Waals surface area (Å²) in [4.78, 5) is 13.1. The van der Waals surface area contributed by atoms with Gasteiger partial charge in [0.2, 0.25) is 0 Å². The summed E-state index contributed by atoms with van der Waals surface area (Å²) < 4.78 is 6.66. The van der Waals surface area contributed by atoms with Crippen LogP contribution in [-0.2, 0) is 14.9 Å². The number of likely N-dealkylation sites (N-methyl/N-ethyl adjacent to an activating group) is 1. The number of nitrogens with one attached hydrogen (secondary N) is 1. The first-order valence-corrected chi connectivity index (χ1v) is 10.8. The molecule has 0 amide bonds. The molecule has 4 fully saturated rings. The molecule has 7 atom stereocenters. The number of hydrogen-bond donors (Lipinski definition) is 1. The fraction of sp³-hybridized carbons (Fsp3) is 0.696. The van der Waals surface area contributed by atoms with Gasteiger partial charge in [0.15, 0.2) is 0 Å². The molecule has 0 aromatic heterocycles. The Labute approximate surface area is 161 Å². The highest BCUT2D eigenvalue weighted by atomic mass is 16.5. The highest BCUT2D eigenvalue weighted by Gasteiger charge is 2.90. The summed E-state index contributed by atoms with van der Waals surface area (Å²) in [5.41, 5.74) is 2.94. The van der Waals surface area contributed by atoms with Crippen LogP contribution in [0.4, 0.5) is 5.69 Å². The van der Waals surface area contributed by atoms with Crippen LogP contribution in [0.2, 0.25) is 0 Å². The first-order valence-electron chi connectivity index (χ1n) is 10.8. The third-order valence-electron chi connectivity index (χ3n) is 10.0. The Morgan fingerprint density at radius 1 is 1.30 bits per heavy atom. The lowest BCUT2D eigenvalue weighted by Gasteiger charge is -2.55. The van der Waals surface area contributed by atoms with Crippen molar-refractivity contribution in [1.29, 1.82) is 0 Å². The molecule has 2 bridgehead atoms. The van der Waals surface area contributed by atoms with Crippen molar-refractivity contribution in [2.75, 3.05) is 32.1 Å². The number of nitrogens with zero attached hydrogens (tertiary/aromatic N) is 1. The smallest absolute Gasteiger partial charge is 0.311 e. The normalized spacial score (nSPS) is 50.7. The molecule has 144 valence electrons. The standard InChI is InChI=1S/C23H31N2O2/c1-4-25-12-7-10-21-14-17(19(26)27-3)23(15(21)2)22(11-13-25,20(21)25)16-8-5-6-9-18(16)24-23/h5-6,8-9,15,17,20,24H,4,7,10-14H2,1-3H3/q+1/t15?,17?,20?,21?,22?,23-,25?/m0/s1. The van der Waals surface area contributed by atoms with E-state index in [1.165, 1.54) is 54.6 Å². The van der Waals surface area contributed by atoms with Crippen LogP contribution >= 0.6 is 0 Å². The second kappa shape index (κ2) is 4.71. The molecule has 1 aromatic rings. The molecule has 4 heteroatoms.